The summed E-state index contributed by atoms with van der Waals surface area (Å²) < 4.78 is 13.0. The van der Waals surface area contributed by atoms with Crippen LogP contribution in [0.1, 0.15) is 15.9 Å². The molecule has 0 spiro atoms. The highest BCUT2D eigenvalue weighted by Gasteiger charge is 2.15. The van der Waals surface area contributed by atoms with Crippen LogP contribution in [0.25, 0.3) is 0 Å². The van der Waals surface area contributed by atoms with Gasteiger partial charge in [-0.05, 0) is 23.8 Å². The molecule has 0 aliphatic rings. The summed E-state index contributed by atoms with van der Waals surface area (Å²) in [5, 5.41) is 13.2. The average molecular weight is 324 g/mol. The molecule has 0 aliphatic heterocycles. The van der Waals surface area contributed by atoms with E-state index in [4.69, 9.17) is 17.3 Å². The number of benzene rings is 2. The van der Waals surface area contributed by atoms with Gasteiger partial charge in [0.15, 0.2) is 0 Å². The van der Waals surface area contributed by atoms with E-state index in [-0.39, 0.29) is 28.5 Å². The zero-order valence-corrected chi connectivity index (χ0v) is 11.9. The number of non-ortho nitro benzene ring substituents is 1. The van der Waals surface area contributed by atoms with Crippen LogP contribution < -0.4 is 11.1 Å². The molecular formula is C14H11ClFN3O3. The molecule has 6 nitrogen and oxygen atoms in total. The molecule has 2 aromatic carbocycles. The molecule has 114 valence electrons. The van der Waals surface area contributed by atoms with Crippen LogP contribution in [0.5, 0.6) is 0 Å². The largest absolute Gasteiger partial charge is 0.398 e. The lowest BCUT2D eigenvalue weighted by molar-refractivity contribution is -0.384. The Kier molecular flexibility index (Phi) is 4.57. The molecule has 2 rings (SSSR count). The maximum Gasteiger partial charge on any atom is 0.270 e. The molecule has 0 atom stereocenters. The highest BCUT2D eigenvalue weighted by molar-refractivity contribution is 6.30. The number of nitrogens with two attached hydrogens (primary N) is 1. The van der Waals surface area contributed by atoms with E-state index < -0.39 is 16.6 Å². The van der Waals surface area contributed by atoms with Crippen molar-refractivity contribution in [2.24, 2.45) is 0 Å². The average Bonchev–Trinajstić information content (AvgIpc) is 2.48. The molecule has 8 heteroatoms. The van der Waals surface area contributed by atoms with Crippen molar-refractivity contribution in [1.29, 1.82) is 0 Å². The van der Waals surface area contributed by atoms with Crippen molar-refractivity contribution in [1.82, 2.24) is 5.32 Å². The number of rotatable bonds is 4. The maximum atomic E-state index is 13.0. The number of anilines is 1. The van der Waals surface area contributed by atoms with E-state index in [0.717, 1.165) is 6.07 Å². The van der Waals surface area contributed by atoms with E-state index in [2.05, 4.69) is 5.32 Å². The highest BCUT2D eigenvalue weighted by Crippen LogP contribution is 2.20. The summed E-state index contributed by atoms with van der Waals surface area (Å²) in [5.74, 6) is -1.12. The molecule has 0 fully saturated rings. The Morgan fingerprint density at radius 3 is 2.68 bits per heavy atom. The minimum Gasteiger partial charge on any atom is -0.398 e. The van der Waals surface area contributed by atoms with Gasteiger partial charge in [0.05, 0.1) is 15.5 Å². The van der Waals surface area contributed by atoms with Gasteiger partial charge in [-0.15, -0.1) is 0 Å². The normalized spacial score (nSPS) is 10.3. The molecule has 0 aliphatic carbocycles. The first-order valence-corrected chi connectivity index (χ1v) is 6.52. The van der Waals surface area contributed by atoms with Gasteiger partial charge in [0, 0.05) is 24.4 Å². The van der Waals surface area contributed by atoms with E-state index >= 15 is 0 Å². The van der Waals surface area contributed by atoms with E-state index in [1.54, 1.807) is 0 Å². The van der Waals surface area contributed by atoms with Crippen LogP contribution in [0, 0.1) is 15.9 Å². The highest BCUT2D eigenvalue weighted by atomic mass is 35.5. The Bertz CT molecular complexity index is 752. The summed E-state index contributed by atoms with van der Waals surface area (Å²) in [6, 6.07) is 7.65. The third-order valence-corrected chi connectivity index (χ3v) is 3.22. The molecule has 0 bridgehead atoms. The molecule has 0 saturated heterocycles. The number of halogens is 2. The molecule has 0 radical (unpaired) electrons. The predicted octanol–water partition coefficient (Wildman–Crippen LogP) is 2.90. The Labute approximate surface area is 129 Å². The second kappa shape index (κ2) is 6.40. The number of nitro benzene ring substituents is 1. The van der Waals surface area contributed by atoms with Gasteiger partial charge in [-0.1, -0.05) is 17.7 Å². The molecule has 3 N–H and O–H groups in total. The van der Waals surface area contributed by atoms with Crippen molar-refractivity contribution in [2.45, 2.75) is 6.54 Å². The first-order valence-electron chi connectivity index (χ1n) is 6.14. The van der Waals surface area contributed by atoms with Crippen molar-refractivity contribution < 1.29 is 14.1 Å². The number of amides is 1. The Hall–Kier alpha value is -2.67. The third-order valence-electron chi connectivity index (χ3n) is 2.93. The van der Waals surface area contributed by atoms with Gasteiger partial charge in [-0.25, -0.2) is 4.39 Å². The van der Waals surface area contributed by atoms with Crippen molar-refractivity contribution in [2.75, 3.05) is 5.73 Å². The van der Waals surface area contributed by atoms with Gasteiger partial charge in [-0.2, -0.15) is 0 Å². The summed E-state index contributed by atoms with van der Waals surface area (Å²) in [7, 11) is 0. The van der Waals surface area contributed by atoms with E-state index in [1.165, 1.54) is 30.3 Å². The van der Waals surface area contributed by atoms with Gasteiger partial charge < -0.3 is 11.1 Å². The quantitative estimate of drug-likeness (QED) is 0.513. The molecule has 22 heavy (non-hydrogen) atoms. The number of nitro groups is 1. The van der Waals surface area contributed by atoms with Crippen LogP contribution in [0.15, 0.2) is 36.4 Å². The van der Waals surface area contributed by atoms with Gasteiger partial charge in [0.2, 0.25) is 0 Å². The summed E-state index contributed by atoms with van der Waals surface area (Å²) >= 11 is 5.64. The lowest BCUT2D eigenvalue weighted by Gasteiger charge is -2.08. The number of nitrogens with one attached hydrogen (secondary N) is 1. The summed E-state index contributed by atoms with van der Waals surface area (Å²) in [6.07, 6.45) is 0. The fourth-order valence-corrected chi connectivity index (χ4v) is 1.98. The molecule has 0 heterocycles. The number of hydrogen-bond donors (Lipinski definition) is 2. The van der Waals surface area contributed by atoms with E-state index in [9.17, 15) is 19.3 Å². The second-order valence-electron chi connectivity index (χ2n) is 4.46. The standard InChI is InChI=1S/C14H11ClFN3O3/c15-11-5-8(1-3-12(11)16)7-18-14(20)10-6-9(19(21)22)2-4-13(10)17/h1-6H,7,17H2,(H,18,20). The molecule has 0 saturated carbocycles. The monoisotopic (exact) mass is 323 g/mol. The SMILES string of the molecule is Nc1ccc([N+](=O)[O-])cc1C(=O)NCc1ccc(F)c(Cl)c1. The number of nitrogens with zero attached hydrogens (tertiary/aromatic N) is 1. The zero-order chi connectivity index (χ0) is 16.3. The summed E-state index contributed by atoms with van der Waals surface area (Å²) in [4.78, 5) is 22.1. The van der Waals surface area contributed by atoms with Crippen LogP contribution in [-0.4, -0.2) is 10.8 Å². The maximum absolute atomic E-state index is 13.0. The molecule has 2 aromatic rings. The summed E-state index contributed by atoms with van der Waals surface area (Å²) in [5.41, 5.74) is 6.13. The van der Waals surface area contributed by atoms with E-state index in [1.807, 2.05) is 0 Å². The Morgan fingerprint density at radius 1 is 1.32 bits per heavy atom. The predicted molar refractivity (Wildman–Crippen MR) is 80.1 cm³/mol. The van der Waals surface area contributed by atoms with Crippen LogP contribution in [0.2, 0.25) is 5.02 Å². The van der Waals surface area contributed by atoms with Crippen molar-refractivity contribution in [3.05, 3.63) is 68.5 Å². The number of nitrogen functional groups attached to an aromatic ring is 1. The number of carbonyl (C=O) groups is 1. The Morgan fingerprint density at radius 2 is 2.05 bits per heavy atom. The molecule has 1 amide bonds. The minimum absolute atomic E-state index is 0.00223. The first-order chi connectivity index (χ1) is 10.4. The van der Waals surface area contributed by atoms with Crippen molar-refractivity contribution >= 4 is 28.9 Å². The smallest absolute Gasteiger partial charge is 0.270 e. The van der Waals surface area contributed by atoms with E-state index in [0.29, 0.717) is 5.56 Å². The zero-order valence-electron chi connectivity index (χ0n) is 11.2. The lowest BCUT2D eigenvalue weighted by atomic mass is 10.1. The van der Waals surface area contributed by atoms with Gasteiger partial charge in [0.25, 0.3) is 11.6 Å². The van der Waals surface area contributed by atoms with Crippen molar-refractivity contribution in [3.63, 3.8) is 0 Å². The Balaban J connectivity index is 2.13. The minimum atomic E-state index is -0.615. The van der Waals surface area contributed by atoms with Crippen molar-refractivity contribution in [3.8, 4) is 0 Å². The van der Waals surface area contributed by atoms with Gasteiger partial charge >= 0.3 is 0 Å². The van der Waals surface area contributed by atoms with Gasteiger partial charge in [-0.3, -0.25) is 14.9 Å². The summed E-state index contributed by atoms with van der Waals surface area (Å²) in [6.45, 7) is 0.0843. The molecule has 0 aromatic heterocycles. The lowest BCUT2D eigenvalue weighted by Crippen LogP contribution is -2.24. The number of carbonyl (C=O) groups excluding carboxylic acids is 1. The topological polar surface area (TPSA) is 98.3 Å². The molecular weight excluding hydrogens is 313 g/mol. The third kappa shape index (κ3) is 3.50. The molecule has 0 unspecified atom stereocenters. The van der Waals surface area contributed by atoms with Crippen LogP contribution in [0.4, 0.5) is 15.8 Å². The second-order valence-corrected chi connectivity index (χ2v) is 4.87. The fourth-order valence-electron chi connectivity index (χ4n) is 1.78. The van der Waals surface area contributed by atoms with Crippen LogP contribution >= 0.6 is 11.6 Å². The van der Waals surface area contributed by atoms with Crippen LogP contribution in [0.3, 0.4) is 0 Å². The van der Waals surface area contributed by atoms with Gasteiger partial charge in [0.1, 0.15) is 5.82 Å². The first kappa shape index (κ1) is 15.7. The number of hydrogen-bond acceptors (Lipinski definition) is 4. The van der Waals surface area contributed by atoms with Crippen LogP contribution in [-0.2, 0) is 6.54 Å². The fraction of sp³-hybridized carbons (Fsp3) is 0.0714.